The molecule has 2 rings (SSSR count). The third-order valence-corrected chi connectivity index (χ3v) is 3.67. The summed E-state index contributed by atoms with van der Waals surface area (Å²) in [6.07, 6.45) is -5.81. The molecule has 2 aromatic carbocycles. The smallest absolute Gasteiger partial charge is 0.416 e. The monoisotopic (exact) mass is 387 g/mol. The molecule has 9 heteroatoms. The molecule has 0 saturated heterocycles. The largest absolute Gasteiger partial charge is 0.480 e. The van der Waals surface area contributed by atoms with Crippen LogP contribution in [0.25, 0.3) is 0 Å². The number of carbonyl (C=O) groups is 2. The zero-order chi connectivity index (χ0) is 20.2. The van der Waals surface area contributed by atoms with Crippen molar-refractivity contribution >= 4 is 11.9 Å². The van der Waals surface area contributed by atoms with Gasteiger partial charge in [0, 0.05) is 12.5 Å². The zero-order valence-corrected chi connectivity index (χ0v) is 13.7. The first-order valence-corrected chi connectivity index (χ1v) is 7.68. The van der Waals surface area contributed by atoms with Crippen LogP contribution in [0.2, 0.25) is 0 Å². The minimum absolute atomic E-state index is 0.0372. The van der Waals surface area contributed by atoms with Gasteiger partial charge in [0.1, 0.15) is 17.7 Å². The van der Waals surface area contributed by atoms with Gasteiger partial charge < -0.3 is 10.4 Å². The number of hydrogen-bond donors (Lipinski definition) is 2. The molecular weight excluding hydrogens is 373 g/mol. The van der Waals surface area contributed by atoms with E-state index in [2.05, 4.69) is 5.32 Å². The van der Waals surface area contributed by atoms with Crippen LogP contribution in [0.4, 0.5) is 22.0 Å². The van der Waals surface area contributed by atoms with E-state index in [9.17, 15) is 36.6 Å². The SMILES string of the molecule is O=C(Cc1cc(F)cc(F)c1)N[C@@H](Cc1ccccc1C(F)(F)F)C(=O)O. The van der Waals surface area contributed by atoms with Gasteiger partial charge in [0.15, 0.2) is 0 Å². The van der Waals surface area contributed by atoms with Gasteiger partial charge in [-0.3, -0.25) is 4.79 Å². The Morgan fingerprint density at radius 2 is 1.63 bits per heavy atom. The highest BCUT2D eigenvalue weighted by molar-refractivity contribution is 5.85. The molecule has 1 atom stereocenters. The number of halogens is 5. The van der Waals surface area contributed by atoms with Crippen molar-refractivity contribution in [2.75, 3.05) is 0 Å². The lowest BCUT2D eigenvalue weighted by atomic mass is 9.99. The number of benzene rings is 2. The standard InChI is InChI=1S/C18H14F5NO3/c19-12-5-10(6-13(20)9-12)7-16(25)24-15(17(26)27)8-11-3-1-2-4-14(11)18(21,22)23/h1-6,9,15H,7-8H2,(H,24,25)(H,26,27)/t15-/m0/s1. The number of carbonyl (C=O) groups excluding carboxylic acids is 1. The molecule has 0 bridgehead atoms. The minimum atomic E-state index is -4.68. The number of carboxylic acid groups (broad SMARTS) is 1. The van der Waals surface area contributed by atoms with Gasteiger partial charge in [0.25, 0.3) is 0 Å². The molecule has 2 N–H and O–H groups in total. The quantitative estimate of drug-likeness (QED) is 0.748. The van der Waals surface area contributed by atoms with Crippen LogP contribution >= 0.6 is 0 Å². The predicted molar refractivity (Wildman–Crippen MR) is 84.8 cm³/mol. The normalized spacial score (nSPS) is 12.5. The zero-order valence-electron chi connectivity index (χ0n) is 13.7. The Bertz CT molecular complexity index is 831. The fraction of sp³-hybridized carbons (Fsp3) is 0.222. The van der Waals surface area contributed by atoms with Gasteiger partial charge >= 0.3 is 12.1 Å². The van der Waals surface area contributed by atoms with Crippen LogP contribution < -0.4 is 5.32 Å². The number of amides is 1. The third kappa shape index (κ3) is 5.77. The Hall–Kier alpha value is -2.97. The van der Waals surface area contributed by atoms with Gasteiger partial charge in [-0.15, -0.1) is 0 Å². The third-order valence-electron chi connectivity index (χ3n) is 3.67. The first kappa shape index (κ1) is 20.3. The fourth-order valence-electron chi connectivity index (χ4n) is 2.54. The second-order valence-corrected chi connectivity index (χ2v) is 5.77. The van der Waals surface area contributed by atoms with Gasteiger partial charge in [-0.2, -0.15) is 13.2 Å². The molecule has 0 aliphatic rings. The maximum Gasteiger partial charge on any atom is 0.416 e. The molecule has 1 amide bonds. The molecule has 0 aliphatic heterocycles. The van der Waals surface area contributed by atoms with E-state index in [0.717, 1.165) is 24.3 Å². The van der Waals surface area contributed by atoms with Crippen LogP contribution in [0, 0.1) is 11.6 Å². The average Bonchev–Trinajstić information content (AvgIpc) is 2.52. The van der Waals surface area contributed by atoms with Crippen LogP contribution in [0.5, 0.6) is 0 Å². The number of carboxylic acids is 1. The summed E-state index contributed by atoms with van der Waals surface area (Å²) in [6, 6.07) is 5.18. The van der Waals surface area contributed by atoms with Gasteiger partial charge in [-0.05, 0) is 29.3 Å². The van der Waals surface area contributed by atoms with Gasteiger partial charge in [-0.1, -0.05) is 18.2 Å². The highest BCUT2D eigenvalue weighted by Crippen LogP contribution is 2.32. The average molecular weight is 387 g/mol. The van der Waals surface area contributed by atoms with E-state index >= 15 is 0 Å². The van der Waals surface area contributed by atoms with Crippen molar-refractivity contribution in [2.24, 2.45) is 0 Å². The summed E-state index contributed by atoms with van der Waals surface area (Å²) in [5, 5.41) is 11.3. The Labute approximate surface area is 150 Å². The molecule has 144 valence electrons. The molecule has 2 aromatic rings. The summed E-state index contributed by atoms with van der Waals surface area (Å²) in [5.74, 6) is -4.25. The molecule has 0 aromatic heterocycles. The molecule has 0 unspecified atom stereocenters. The molecular formula is C18H14F5NO3. The van der Waals surface area contributed by atoms with Gasteiger partial charge in [-0.25, -0.2) is 13.6 Å². The van der Waals surface area contributed by atoms with Crippen LogP contribution in [0.15, 0.2) is 42.5 Å². The molecule has 4 nitrogen and oxygen atoms in total. The summed E-state index contributed by atoms with van der Waals surface area (Å²) < 4.78 is 65.3. The van der Waals surface area contributed by atoms with Crippen molar-refractivity contribution in [3.63, 3.8) is 0 Å². The van der Waals surface area contributed by atoms with Crippen molar-refractivity contribution < 1.29 is 36.6 Å². The number of nitrogens with one attached hydrogen (secondary N) is 1. The lowest BCUT2D eigenvalue weighted by molar-refractivity contribution is -0.142. The molecule has 0 fully saturated rings. The molecule has 0 heterocycles. The van der Waals surface area contributed by atoms with Gasteiger partial charge in [0.05, 0.1) is 12.0 Å². The number of rotatable bonds is 6. The molecule has 0 radical (unpaired) electrons. The molecule has 0 spiro atoms. The summed E-state index contributed by atoms with van der Waals surface area (Å²) in [5.41, 5.74) is -1.34. The summed E-state index contributed by atoms with van der Waals surface area (Å²) in [6.45, 7) is 0. The first-order chi connectivity index (χ1) is 12.6. The highest BCUT2D eigenvalue weighted by atomic mass is 19.4. The second kappa shape index (κ2) is 8.15. The molecule has 27 heavy (non-hydrogen) atoms. The predicted octanol–water partition coefficient (Wildman–Crippen LogP) is 3.34. The maximum absolute atomic E-state index is 13.1. The Morgan fingerprint density at radius 3 is 2.19 bits per heavy atom. The van der Waals surface area contributed by atoms with E-state index in [-0.39, 0.29) is 11.1 Å². The van der Waals surface area contributed by atoms with Crippen LogP contribution in [0.3, 0.4) is 0 Å². The highest BCUT2D eigenvalue weighted by Gasteiger charge is 2.34. The lowest BCUT2D eigenvalue weighted by Gasteiger charge is -2.18. The Balaban J connectivity index is 2.15. The topological polar surface area (TPSA) is 66.4 Å². The minimum Gasteiger partial charge on any atom is -0.480 e. The van der Waals surface area contributed by atoms with Crippen molar-refractivity contribution in [2.45, 2.75) is 25.1 Å². The Kier molecular flexibility index (Phi) is 6.14. The van der Waals surface area contributed by atoms with E-state index in [1.54, 1.807) is 0 Å². The van der Waals surface area contributed by atoms with E-state index in [4.69, 9.17) is 0 Å². The van der Waals surface area contributed by atoms with E-state index < -0.39 is 54.1 Å². The van der Waals surface area contributed by atoms with Crippen molar-refractivity contribution in [1.29, 1.82) is 0 Å². The lowest BCUT2D eigenvalue weighted by Crippen LogP contribution is -2.43. The van der Waals surface area contributed by atoms with Crippen molar-refractivity contribution in [3.8, 4) is 0 Å². The van der Waals surface area contributed by atoms with E-state index in [1.165, 1.54) is 12.1 Å². The van der Waals surface area contributed by atoms with Gasteiger partial charge in [0.2, 0.25) is 5.91 Å². The fourth-order valence-corrected chi connectivity index (χ4v) is 2.54. The van der Waals surface area contributed by atoms with Crippen LogP contribution in [-0.4, -0.2) is 23.0 Å². The molecule has 0 saturated carbocycles. The van der Waals surface area contributed by atoms with Crippen LogP contribution in [0.1, 0.15) is 16.7 Å². The summed E-state index contributed by atoms with van der Waals surface area (Å²) in [7, 11) is 0. The summed E-state index contributed by atoms with van der Waals surface area (Å²) >= 11 is 0. The molecule has 0 aliphatic carbocycles. The van der Waals surface area contributed by atoms with Crippen LogP contribution in [-0.2, 0) is 28.6 Å². The maximum atomic E-state index is 13.1. The van der Waals surface area contributed by atoms with E-state index in [1.807, 2.05) is 0 Å². The Morgan fingerprint density at radius 1 is 1.04 bits per heavy atom. The summed E-state index contributed by atoms with van der Waals surface area (Å²) in [4.78, 5) is 23.3. The number of alkyl halides is 3. The number of hydrogen-bond acceptors (Lipinski definition) is 2. The van der Waals surface area contributed by atoms with Crippen molar-refractivity contribution in [3.05, 3.63) is 70.8 Å². The number of aliphatic carboxylic acids is 1. The van der Waals surface area contributed by atoms with Crippen molar-refractivity contribution in [1.82, 2.24) is 5.32 Å². The first-order valence-electron chi connectivity index (χ1n) is 7.68. The van der Waals surface area contributed by atoms with E-state index in [0.29, 0.717) is 6.07 Å². The second-order valence-electron chi connectivity index (χ2n) is 5.77.